The number of methoxy groups -OCH3 is 2. The standard InChI is InChI=1S/C16H21N3O3/c1-19-15(22-3)11-13(18-19)16(20)17-10-6-8-12-7-4-5-9-14(12)21-2/h4-5,7,9,11H,6,8,10H2,1-3H3,(H,17,20). The normalized spacial score (nSPS) is 10.3. The zero-order valence-corrected chi connectivity index (χ0v) is 13.1. The molecule has 0 fully saturated rings. The summed E-state index contributed by atoms with van der Waals surface area (Å²) >= 11 is 0. The first kappa shape index (κ1) is 15.9. The molecule has 0 bridgehead atoms. The van der Waals surface area contributed by atoms with Crippen LogP contribution in [0.25, 0.3) is 0 Å². The lowest BCUT2D eigenvalue weighted by atomic mass is 10.1. The van der Waals surface area contributed by atoms with Gasteiger partial charge in [0.05, 0.1) is 14.2 Å². The molecule has 0 unspecified atom stereocenters. The molecular formula is C16H21N3O3. The molecule has 2 rings (SSSR count). The van der Waals surface area contributed by atoms with Gasteiger partial charge >= 0.3 is 0 Å². The SMILES string of the molecule is COc1ccccc1CCCNC(=O)c1cc(OC)n(C)n1. The highest BCUT2D eigenvalue weighted by molar-refractivity contribution is 5.92. The lowest BCUT2D eigenvalue weighted by molar-refractivity contribution is 0.0947. The summed E-state index contributed by atoms with van der Waals surface area (Å²) in [4.78, 5) is 12.0. The Hall–Kier alpha value is -2.50. The summed E-state index contributed by atoms with van der Waals surface area (Å²) < 4.78 is 11.9. The molecule has 1 N–H and O–H groups in total. The number of para-hydroxylation sites is 1. The third kappa shape index (κ3) is 3.78. The van der Waals surface area contributed by atoms with Crippen LogP contribution < -0.4 is 14.8 Å². The van der Waals surface area contributed by atoms with Crippen molar-refractivity contribution in [3.05, 3.63) is 41.6 Å². The predicted octanol–water partition coefficient (Wildman–Crippen LogP) is 1.80. The molecule has 0 saturated heterocycles. The molecule has 0 saturated carbocycles. The first-order valence-electron chi connectivity index (χ1n) is 7.14. The lowest BCUT2D eigenvalue weighted by Gasteiger charge is -2.08. The highest BCUT2D eigenvalue weighted by Crippen LogP contribution is 2.18. The summed E-state index contributed by atoms with van der Waals surface area (Å²) in [5.74, 6) is 1.24. The van der Waals surface area contributed by atoms with Gasteiger partial charge in [-0.05, 0) is 24.5 Å². The molecule has 1 amide bonds. The van der Waals surface area contributed by atoms with Crippen LogP contribution in [0.5, 0.6) is 11.6 Å². The molecule has 1 heterocycles. The summed E-state index contributed by atoms with van der Waals surface area (Å²) in [6.07, 6.45) is 1.67. The molecule has 0 aliphatic rings. The highest BCUT2D eigenvalue weighted by Gasteiger charge is 2.12. The number of nitrogens with zero attached hydrogens (tertiary/aromatic N) is 2. The maximum absolute atomic E-state index is 12.0. The summed E-state index contributed by atoms with van der Waals surface area (Å²) in [7, 11) is 4.94. The van der Waals surface area contributed by atoms with E-state index in [4.69, 9.17) is 9.47 Å². The van der Waals surface area contributed by atoms with Crippen LogP contribution in [-0.2, 0) is 13.5 Å². The number of aromatic nitrogens is 2. The number of rotatable bonds is 7. The molecule has 2 aromatic rings. The van der Waals surface area contributed by atoms with Crippen molar-refractivity contribution in [2.45, 2.75) is 12.8 Å². The van der Waals surface area contributed by atoms with E-state index in [0.717, 1.165) is 24.2 Å². The van der Waals surface area contributed by atoms with Crippen LogP contribution in [0.3, 0.4) is 0 Å². The van der Waals surface area contributed by atoms with Crippen LogP contribution in [0.4, 0.5) is 0 Å². The Morgan fingerprint density at radius 2 is 2.05 bits per heavy atom. The molecule has 0 atom stereocenters. The molecule has 6 heteroatoms. The van der Waals surface area contributed by atoms with Crippen LogP contribution in [0, 0.1) is 0 Å². The van der Waals surface area contributed by atoms with E-state index in [0.29, 0.717) is 18.1 Å². The smallest absolute Gasteiger partial charge is 0.271 e. The summed E-state index contributed by atoms with van der Waals surface area (Å²) in [6.45, 7) is 0.579. The van der Waals surface area contributed by atoms with Crippen molar-refractivity contribution in [3.8, 4) is 11.6 Å². The van der Waals surface area contributed by atoms with E-state index >= 15 is 0 Å². The van der Waals surface area contributed by atoms with E-state index in [1.165, 1.54) is 4.68 Å². The van der Waals surface area contributed by atoms with Crippen LogP contribution in [-0.4, -0.2) is 36.5 Å². The topological polar surface area (TPSA) is 65.4 Å². The van der Waals surface area contributed by atoms with Crippen molar-refractivity contribution >= 4 is 5.91 Å². The molecule has 0 aliphatic carbocycles. The van der Waals surface area contributed by atoms with Crippen LogP contribution in [0.15, 0.2) is 30.3 Å². The molecule has 1 aromatic carbocycles. The summed E-state index contributed by atoms with van der Waals surface area (Å²) in [5.41, 5.74) is 1.50. The molecular weight excluding hydrogens is 282 g/mol. The number of hydrogen-bond acceptors (Lipinski definition) is 4. The fourth-order valence-corrected chi connectivity index (χ4v) is 2.23. The summed E-state index contributed by atoms with van der Waals surface area (Å²) in [5, 5.41) is 6.97. The van der Waals surface area contributed by atoms with Gasteiger partial charge in [-0.15, -0.1) is 0 Å². The minimum Gasteiger partial charge on any atom is -0.496 e. The first-order valence-corrected chi connectivity index (χ1v) is 7.14. The van der Waals surface area contributed by atoms with E-state index in [-0.39, 0.29) is 5.91 Å². The zero-order chi connectivity index (χ0) is 15.9. The number of aryl methyl sites for hydroxylation is 2. The Bertz CT molecular complexity index is 637. The van der Waals surface area contributed by atoms with E-state index in [1.807, 2.05) is 24.3 Å². The average molecular weight is 303 g/mol. The number of ether oxygens (including phenoxy) is 2. The van der Waals surface area contributed by atoms with Crippen LogP contribution in [0.2, 0.25) is 0 Å². The number of hydrogen-bond donors (Lipinski definition) is 1. The maximum Gasteiger partial charge on any atom is 0.271 e. The molecule has 0 radical (unpaired) electrons. The molecule has 0 aliphatic heterocycles. The highest BCUT2D eigenvalue weighted by atomic mass is 16.5. The fraction of sp³-hybridized carbons (Fsp3) is 0.375. The number of benzene rings is 1. The van der Waals surface area contributed by atoms with E-state index < -0.39 is 0 Å². The second kappa shape index (κ2) is 7.49. The fourth-order valence-electron chi connectivity index (χ4n) is 2.23. The molecule has 1 aromatic heterocycles. The Balaban J connectivity index is 1.82. The number of amides is 1. The van der Waals surface area contributed by atoms with E-state index in [9.17, 15) is 4.79 Å². The van der Waals surface area contributed by atoms with Gasteiger partial charge < -0.3 is 14.8 Å². The first-order chi connectivity index (χ1) is 10.7. The second-order valence-electron chi connectivity index (χ2n) is 4.87. The van der Waals surface area contributed by atoms with Gasteiger partial charge in [0.2, 0.25) is 5.88 Å². The third-order valence-electron chi connectivity index (χ3n) is 3.38. The monoisotopic (exact) mass is 303 g/mol. The summed E-state index contributed by atoms with van der Waals surface area (Å²) in [6, 6.07) is 9.52. The molecule has 22 heavy (non-hydrogen) atoms. The van der Waals surface area contributed by atoms with E-state index in [1.54, 1.807) is 27.3 Å². The molecule has 6 nitrogen and oxygen atoms in total. The largest absolute Gasteiger partial charge is 0.496 e. The van der Waals surface area contributed by atoms with E-state index in [2.05, 4.69) is 10.4 Å². The van der Waals surface area contributed by atoms with Crippen molar-refractivity contribution in [3.63, 3.8) is 0 Å². The van der Waals surface area contributed by atoms with Crippen LogP contribution in [0.1, 0.15) is 22.5 Å². The van der Waals surface area contributed by atoms with Crippen molar-refractivity contribution < 1.29 is 14.3 Å². The number of nitrogens with one attached hydrogen (secondary N) is 1. The molecule has 0 spiro atoms. The molecule has 118 valence electrons. The van der Waals surface area contributed by atoms with Gasteiger partial charge in [0.15, 0.2) is 5.69 Å². The Morgan fingerprint density at radius 1 is 1.27 bits per heavy atom. The van der Waals surface area contributed by atoms with Crippen molar-refractivity contribution in [2.24, 2.45) is 7.05 Å². The van der Waals surface area contributed by atoms with Gasteiger partial charge in [0, 0.05) is 19.7 Å². The second-order valence-corrected chi connectivity index (χ2v) is 4.87. The van der Waals surface area contributed by atoms with Gasteiger partial charge in [-0.1, -0.05) is 18.2 Å². The quantitative estimate of drug-likeness (QED) is 0.792. The number of carbonyl (C=O) groups excluding carboxylic acids is 1. The van der Waals surface area contributed by atoms with Crippen molar-refractivity contribution in [2.75, 3.05) is 20.8 Å². The van der Waals surface area contributed by atoms with Gasteiger partial charge in [0.1, 0.15) is 5.75 Å². The Morgan fingerprint density at radius 3 is 2.73 bits per heavy atom. The lowest BCUT2D eigenvalue weighted by Crippen LogP contribution is -2.25. The Kier molecular flexibility index (Phi) is 5.41. The maximum atomic E-state index is 12.0. The van der Waals surface area contributed by atoms with Crippen molar-refractivity contribution in [1.82, 2.24) is 15.1 Å². The van der Waals surface area contributed by atoms with Crippen molar-refractivity contribution in [1.29, 1.82) is 0 Å². The van der Waals surface area contributed by atoms with Gasteiger partial charge in [-0.25, -0.2) is 4.68 Å². The van der Waals surface area contributed by atoms with Gasteiger partial charge in [-0.2, -0.15) is 5.10 Å². The zero-order valence-electron chi connectivity index (χ0n) is 13.1. The number of carbonyl (C=O) groups is 1. The van der Waals surface area contributed by atoms with Gasteiger partial charge in [0.25, 0.3) is 5.91 Å². The minimum absolute atomic E-state index is 0.195. The Labute approximate surface area is 130 Å². The third-order valence-corrected chi connectivity index (χ3v) is 3.38. The van der Waals surface area contributed by atoms with Crippen LogP contribution >= 0.6 is 0 Å². The predicted molar refractivity (Wildman–Crippen MR) is 83.4 cm³/mol. The minimum atomic E-state index is -0.195. The van der Waals surface area contributed by atoms with Gasteiger partial charge in [-0.3, -0.25) is 4.79 Å². The average Bonchev–Trinajstić information content (AvgIpc) is 2.92.